The topological polar surface area (TPSA) is 80.5 Å². The molecular weight excluding hydrogens is 276 g/mol. The highest BCUT2D eigenvalue weighted by Crippen LogP contribution is 2.30. The van der Waals surface area contributed by atoms with Crippen molar-refractivity contribution >= 4 is 28.2 Å². The Bertz CT molecular complexity index is 499. The largest absolute Gasteiger partial charge is 0.382 e. The van der Waals surface area contributed by atoms with Crippen molar-refractivity contribution in [2.24, 2.45) is 0 Å². The van der Waals surface area contributed by atoms with Gasteiger partial charge < -0.3 is 20.7 Å². The van der Waals surface area contributed by atoms with E-state index in [-0.39, 0.29) is 18.1 Å². The van der Waals surface area contributed by atoms with Crippen molar-refractivity contribution < 1.29 is 9.53 Å². The number of nitrogens with one attached hydrogen (secondary N) is 1. The maximum absolute atomic E-state index is 12.3. The number of thiazole rings is 1. The van der Waals surface area contributed by atoms with Crippen molar-refractivity contribution in [1.29, 1.82) is 0 Å². The molecule has 0 bridgehead atoms. The minimum Gasteiger partial charge on any atom is -0.382 e. The molecule has 7 heteroatoms. The van der Waals surface area contributed by atoms with Gasteiger partial charge in [-0.25, -0.2) is 4.98 Å². The van der Waals surface area contributed by atoms with Crippen molar-refractivity contribution in [2.75, 3.05) is 30.3 Å². The van der Waals surface area contributed by atoms with Crippen molar-refractivity contribution in [2.45, 2.75) is 38.3 Å². The van der Waals surface area contributed by atoms with Crippen LogP contribution in [-0.2, 0) is 4.74 Å². The summed E-state index contributed by atoms with van der Waals surface area (Å²) in [6.45, 7) is 4.68. The van der Waals surface area contributed by atoms with Crippen LogP contribution in [0.25, 0.3) is 0 Å². The van der Waals surface area contributed by atoms with Crippen molar-refractivity contribution in [3.05, 3.63) is 4.88 Å². The lowest BCUT2D eigenvalue weighted by molar-refractivity contribution is 0.0870. The summed E-state index contributed by atoms with van der Waals surface area (Å²) in [4.78, 5) is 19.4. The van der Waals surface area contributed by atoms with Crippen LogP contribution in [-0.4, -0.2) is 42.7 Å². The van der Waals surface area contributed by atoms with Gasteiger partial charge in [0.15, 0.2) is 5.13 Å². The third-order valence-electron chi connectivity index (χ3n) is 3.92. The molecule has 110 valence electrons. The Labute approximate surface area is 122 Å². The highest BCUT2D eigenvalue weighted by molar-refractivity contribution is 7.18. The number of nitrogen functional groups attached to an aromatic ring is 1. The van der Waals surface area contributed by atoms with Crippen LogP contribution in [0.2, 0.25) is 0 Å². The first-order valence-corrected chi connectivity index (χ1v) is 7.90. The number of carbonyl (C=O) groups excluding carboxylic acids is 1. The van der Waals surface area contributed by atoms with E-state index in [9.17, 15) is 4.79 Å². The Morgan fingerprint density at radius 3 is 2.90 bits per heavy atom. The fraction of sp³-hybridized carbons (Fsp3) is 0.692. The van der Waals surface area contributed by atoms with Crippen LogP contribution in [0.5, 0.6) is 0 Å². The molecule has 3 rings (SSSR count). The van der Waals surface area contributed by atoms with E-state index in [2.05, 4.69) is 15.2 Å². The lowest BCUT2D eigenvalue weighted by atomic mass is 10.1. The first-order chi connectivity index (χ1) is 9.65. The molecule has 2 atom stereocenters. The number of ether oxygens (including phenoxy) is 1. The van der Waals surface area contributed by atoms with E-state index in [4.69, 9.17) is 10.5 Å². The Hall–Kier alpha value is -1.34. The second-order valence-corrected chi connectivity index (χ2v) is 6.33. The number of nitrogens with zero attached hydrogens (tertiary/aromatic N) is 2. The van der Waals surface area contributed by atoms with Gasteiger partial charge in [-0.15, -0.1) is 0 Å². The van der Waals surface area contributed by atoms with E-state index >= 15 is 0 Å². The molecule has 0 aliphatic carbocycles. The maximum atomic E-state index is 12.3. The standard InChI is InChI=1S/C13H20N4O2S/c1-8-9(4-7-19-8)15-12(18)10-11(14)16-13(20-10)17-5-2-3-6-17/h8-9H,2-7,14H2,1H3,(H,15,18). The molecule has 3 heterocycles. The van der Waals surface area contributed by atoms with Gasteiger partial charge in [-0.05, 0) is 26.2 Å². The predicted octanol–water partition coefficient (Wildman–Crippen LogP) is 1.23. The van der Waals surface area contributed by atoms with E-state index in [1.165, 1.54) is 24.2 Å². The molecule has 3 N–H and O–H groups in total. The average molecular weight is 296 g/mol. The summed E-state index contributed by atoms with van der Waals surface area (Å²) in [6.07, 6.45) is 3.27. The summed E-state index contributed by atoms with van der Waals surface area (Å²) in [5, 5.41) is 3.86. The molecule has 0 aromatic carbocycles. The Morgan fingerprint density at radius 1 is 1.50 bits per heavy atom. The number of rotatable bonds is 3. The van der Waals surface area contributed by atoms with Crippen LogP contribution in [0.15, 0.2) is 0 Å². The second-order valence-electron chi connectivity index (χ2n) is 5.35. The van der Waals surface area contributed by atoms with Gasteiger partial charge in [0, 0.05) is 19.7 Å². The Kier molecular flexibility index (Phi) is 3.80. The summed E-state index contributed by atoms with van der Waals surface area (Å²) in [5.74, 6) is 0.203. The first-order valence-electron chi connectivity index (χ1n) is 7.09. The van der Waals surface area contributed by atoms with E-state index in [1.807, 2.05) is 6.92 Å². The molecule has 0 saturated carbocycles. The summed E-state index contributed by atoms with van der Waals surface area (Å²) in [5.41, 5.74) is 5.90. The van der Waals surface area contributed by atoms with Gasteiger partial charge in [0.1, 0.15) is 10.7 Å². The molecule has 6 nitrogen and oxygen atoms in total. The van der Waals surface area contributed by atoms with Gasteiger partial charge in [0.05, 0.1) is 12.1 Å². The molecule has 0 radical (unpaired) electrons. The molecule has 20 heavy (non-hydrogen) atoms. The van der Waals surface area contributed by atoms with Crippen LogP contribution in [0.1, 0.15) is 35.9 Å². The monoisotopic (exact) mass is 296 g/mol. The van der Waals surface area contributed by atoms with Crippen LogP contribution in [0.4, 0.5) is 10.9 Å². The molecule has 2 fully saturated rings. The summed E-state index contributed by atoms with van der Waals surface area (Å²) >= 11 is 1.39. The molecule has 2 saturated heterocycles. The molecular formula is C13H20N4O2S. The summed E-state index contributed by atoms with van der Waals surface area (Å²) in [7, 11) is 0. The SMILES string of the molecule is CC1OCCC1NC(=O)c1sc(N2CCCC2)nc1N. The van der Waals surface area contributed by atoms with E-state index < -0.39 is 0 Å². The number of nitrogens with two attached hydrogens (primary N) is 1. The quantitative estimate of drug-likeness (QED) is 0.877. The lowest BCUT2D eigenvalue weighted by Gasteiger charge is -2.15. The molecule has 2 aliphatic heterocycles. The smallest absolute Gasteiger partial charge is 0.265 e. The number of aromatic nitrogens is 1. The lowest BCUT2D eigenvalue weighted by Crippen LogP contribution is -2.39. The fourth-order valence-corrected chi connectivity index (χ4v) is 3.62. The average Bonchev–Trinajstić information content (AvgIpc) is 3.11. The molecule has 2 aliphatic rings. The van der Waals surface area contributed by atoms with Gasteiger partial charge >= 0.3 is 0 Å². The zero-order valence-corrected chi connectivity index (χ0v) is 12.4. The van der Waals surface area contributed by atoms with Crippen molar-refractivity contribution in [3.63, 3.8) is 0 Å². The minimum atomic E-state index is -0.132. The van der Waals surface area contributed by atoms with Crippen LogP contribution >= 0.6 is 11.3 Å². The number of anilines is 2. The van der Waals surface area contributed by atoms with E-state index in [0.29, 0.717) is 17.3 Å². The zero-order valence-electron chi connectivity index (χ0n) is 11.6. The van der Waals surface area contributed by atoms with Crippen molar-refractivity contribution in [3.8, 4) is 0 Å². The van der Waals surface area contributed by atoms with Gasteiger partial charge in [0.25, 0.3) is 5.91 Å². The van der Waals surface area contributed by atoms with E-state index in [1.54, 1.807) is 0 Å². The normalized spacial score (nSPS) is 26.1. The van der Waals surface area contributed by atoms with Crippen LogP contribution in [0, 0.1) is 0 Å². The second kappa shape index (κ2) is 5.57. The third kappa shape index (κ3) is 2.60. The van der Waals surface area contributed by atoms with Crippen molar-refractivity contribution in [1.82, 2.24) is 10.3 Å². The predicted molar refractivity (Wildman–Crippen MR) is 79.3 cm³/mol. The van der Waals surface area contributed by atoms with Gasteiger partial charge in [0.2, 0.25) is 0 Å². The Morgan fingerprint density at radius 2 is 2.25 bits per heavy atom. The van der Waals surface area contributed by atoms with Crippen LogP contribution < -0.4 is 16.0 Å². The third-order valence-corrected chi connectivity index (χ3v) is 5.05. The molecule has 1 aromatic rings. The number of amides is 1. The zero-order chi connectivity index (χ0) is 14.1. The van der Waals surface area contributed by atoms with Gasteiger partial charge in [-0.1, -0.05) is 11.3 Å². The van der Waals surface area contributed by atoms with Crippen LogP contribution in [0.3, 0.4) is 0 Å². The number of carbonyl (C=O) groups is 1. The maximum Gasteiger partial charge on any atom is 0.265 e. The Balaban J connectivity index is 1.71. The minimum absolute atomic E-state index is 0.0612. The number of hydrogen-bond donors (Lipinski definition) is 2. The molecule has 1 aromatic heterocycles. The highest BCUT2D eigenvalue weighted by Gasteiger charge is 2.28. The summed E-state index contributed by atoms with van der Waals surface area (Å²) < 4.78 is 5.45. The van der Waals surface area contributed by atoms with E-state index in [0.717, 1.165) is 24.6 Å². The molecule has 1 amide bonds. The number of hydrogen-bond acceptors (Lipinski definition) is 6. The molecule has 0 spiro atoms. The fourth-order valence-electron chi connectivity index (χ4n) is 2.68. The first kappa shape index (κ1) is 13.6. The highest BCUT2D eigenvalue weighted by atomic mass is 32.1. The molecule has 2 unspecified atom stereocenters. The van der Waals surface area contributed by atoms with Gasteiger partial charge in [-0.3, -0.25) is 4.79 Å². The summed E-state index contributed by atoms with van der Waals surface area (Å²) in [6, 6.07) is 0.0687. The van der Waals surface area contributed by atoms with Gasteiger partial charge in [-0.2, -0.15) is 0 Å².